The van der Waals surface area contributed by atoms with E-state index in [-0.39, 0.29) is 5.41 Å². The minimum absolute atomic E-state index is 0.223. The number of nitrogens with zero attached hydrogens (tertiary/aromatic N) is 2. The van der Waals surface area contributed by atoms with E-state index in [1.807, 2.05) is 0 Å². The highest BCUT2D eigenvalue weighted by Crippen LogP contribution is 2.37. The van der Waals surface area contributed by atoms with Crippen LogP contribution in [0.1, 0.15) is 12.8 Å². The van der Waals surface area contributed by atoms with Gasteiger partial charge in [-0.15, -0.1) is 0 Å². The van der Waals surface area contributed by atoms with Crippen LogP contribution in [0.15, 0.2) is 24.3 Å². The van der Waals surface area contributed by atoms with Gasteiger partial charge in [-0.2, -0.15) is 0 Å². The van der Waals surface area contributed by atoms with Crippen molar-refractivity contribution in [1.82, 2.24) is 0 Å². The van der Waals surface area contributed by atoms with Gasteiger partial charge in [-0.05, 0) is 31.5 Å². The van der Waals surface area contributed by atoms with Crippen molar-refractivity contribution in [2.75, 3.05) is 56.2 Å². The van der Waals surface area contributed by atoms with Gasteiger partial charge in [0.05, 0.1) is 11.4 Å². The molecule has 4 nitrogen and oxygen atoms in total. The maximum atomic E-state index is 6.11. The van der Waals surface area contributed by atoms with Gasteiger partial charge in [0.15, 0.2) is 0 Å². The molecule has 2 heterocycles. The van der Waals surface area contributed by atoms with Crippen LogP contribution in [0, 0.1) is 5.41 Å². The Morgan fingerprint density at radius 1 is 1.15 bits per heavy atom. The molecular formula is C16H25N3O. The average molecular weight is 275 g/mol. The summed E-state index contributed by atoms with van der Waals surface area (Å²) in [6.45, 7) is 5.67. The minimum Gasteiger partial charge on any atom is -0.381 e. The summed E-state index contributed by atoms with van der Waals surface area (Å²) in [5, 5.41) is 0. The van der Waals surface area contributed by atoms with E-state index in [0.29, 0.717) is 0 Å². The van der Waals surface area contributed by atoms with Gasteiger partial charge >= 0.3 is 0 Å². The van der Waals surface area contributed by atoms with Crippen LogP contribution in [0.2, 0.25) is 0 Å². The second-order valence-electron chi connectivity index (χ2n) is 6.15. The lowest BCUT2D eigenvalue weighted by molar-refractivity contribution is 0.0224. The first-order valence-corrected chi connectivity index (χ1v) is 7.57. The van der Waals surface area contributed by atoms with Crippen LogP contribution >= 0.6 is 0 Å². The lowest BCUT2D eigenvalue weighted by atomic mass is 9.79. The molecule has 0 spiro atoms. The number of hydrogen-bond acceptors (Lipinski definition) is 4. The molecule has 0 atom stereocenters. The van der Waals surface area contributed by atoms with Crippen molar-refractivity contribution in [3.8, 4) is 0 Å². The van der Waals surface area contributed by atoms with E-state index in [1.165, 1.54) is 11.4 Å². The highest BCUT2D eigenvalue weighted by atomic mass is 16.5. The van der Waals surface area contributed by atoms with Gasteiger partial charge in [0.25, 0.3) is 0 Å². The Bertz CT molecular complexity index is 457. The summed E-state index contributed by atoms with van der Waals surface area (Å²) >= 11 is 0. The number of anilines is 2. The first-order valence-electron chi connectivity index (χ1n) is 7.57. The third-order valence-corrected chi connectivity index (χ3v) is 4.85. The Hall–Kier alpha value is -1.26. The fourth-order valence-corrected chi connectivity index (χ4v) is 3.37. The molecule has 2 aliphatic rings. The Morgan fingerprint density at radius 2 is 1.85 bits per heavy atom. The molecule has 0 saturated carbocycles. The zero-order valence-electron chi connectivity index (χ0n) is 12.3. The monoisotopic (exact) mass is 275 g/mol. The standard InChI is InChI=1S/C16H25N3O/c1-18-8-9-19(15-5-3-2-4-14(15)18)13-16(12-17)6-10-20-11-7-16/h2-5H,6-13,17H2,1H3. The molecular weight excluding hydrogens is 250 g/mol. The molecule has 2 aliphatic heterocycles. The van der Waals surface area contributed by atoms with Gasteiger partial charge in [-0.1, -0.05) is 12.1 Å². The zero-order valence-corrected chi connectivity index (χ0v) is 12.3. The number of hydrogen-bond donors (Lipinski definition) is 1. The predicted molar refractivity (Wildman–Crippen MR) is 83.5 cm³/mol. The van der Waals surface area contributed by atoms with Gasteiger partial charge in [0.2, 0.25) is 0 Å². The van der Waals surface area contributed by atoms with E-state index in [9.17, 15) is 0 Å². The summed E-state index contributed by atoms with van der Waals surface area (Å²) in [7, 11) is 2.17. The SMILES string of the molecule is CN1CCN(CC2(CN)CCOCC2)c2ccccc21. The van der Waals surface area contributed by atoms with Crippen LogP contribution in [0.3, 0.4) is 0 Å². The second-order valence-corrected chi connectivity index (χ2v) is 6.15. The summed E-state index contributed by atoms with van der Waals surface area (Å²) in [4.78, 5) is 4.86. The summed E-state index contributed by atoms with van der Waals surface area (Å²) in [5.41, 5.74) is 9.01. The summed E-state index contributed by atoms with van der Waals surface area (Å²) < 4.78 is 5.52. The molecule has 0 unspecified atom stereocenters. The lowest BCUT2D eigenvalue weighted by Gasteiger charge is -2.44. The van der Waals surface area contributed by atoms with Crippen molar-refractivity contribution in [3.63, 3.8) is 0 Å². The molecule has 20 heavy (non-hydrogen) atoms. The molecule has 3 rings (SSSR count). The van der Waals surface area contributed by atoms with E-state index >= 15 is 0 Å². The van der Waals surface area contributed by atoms with Gasteiger partial charge in [-0.25, -0.2) is 0 Å². The molecule has 1 fully saturated rings. The fourth-order valence-electron chi connectivity index (χ4n) is 3.37. The van der Waals surface area contributed by atoms with Crippen molar-refractivity contribution < 1.29 is 4.74 Å². The normalized spacial score (nSPS) is 21.7. The van der Waals surface area contributed by atoms with E-state index in [0.717, 1.165) is 52.2 Å². The topological polar surface area (TPSA) is 41.7 Å². The van der Waals surface area contributed by atoms with Crippen molar-refractivity contribution >= 4 is 11.4 Å². The fraction of sp³-hybridized carbons (Fsp3) is 0.625. The number of benzene rings is 1. The molecule has 0 radical (unpaired) electrons. The number of nitrogens with two attached hydrogens (primary N) is 1. The van der Waals surface area contributed by atoms with Crippen molar-refractivity contribution in [2.24, 2.45) is 11.1 Å². The van der Waals surface area contributed by atoms with E-state index < -0.39 is 0 Å². The smallest absolute Gasteiger partial charge is 0.0604 e. The first kappa shape index (κ1) is 13.7. The third kappa shape index (κ3) is 2.50. The Kier molecular flexibility index (Phi) is 3.85. The highest BCUT2D eigenvalue weighted by Gasteiger charge is 2.34. The Balaban J connectivity index is 1.82. The summed E-state index contributed by atoms with van der Waals surface area (Å²) in [6.07, 6.45) is 2.16. The Labute approximate surface area is 121 Å². The summed E-state index contributed by atoms with van der Waals surface area (Å²) in [6, 6.07) is 8.69. The van der Waals surface area contributed by atoms with Crippen LogP contribution < -0.4 is 15.5 Å². The van der Waals surface area contributed by atoms with Crippen molar-refractivity contribution in [2.45, 2.75) is 12.8 Å². The molecule has 4 heteroatoms. The van der Waals surface area contributed by atoms with Crippen LogP contribution in [-0.2, 0) is 4.74 Å². The first-order chi connectivity index (χ1) is 9.74. The molecule has 0 amide bonds. The van der Waals surface area contributed by atoms with Crippen LogP contribution in [-0.4, -0.2) is 46.4 Å². The molecule has 2 N–H and O–H groups in total. The molecule has 0 aliphatic carbocycles. The van der Waals surface area contributed by atoms with Gasteiger partial charge in [0.1, 0.15) is 0 Å². The van der Waals surface area contributed by atoms with Gasteiger partial charge in [0, 0.05) is 45.3 Å². The molecule has 110 valence electrons. The maximum absolute atomic E-state index is 6.11. The third-order valence-electron chi connectivity index (χ3n) is 4.85. The average Bonchev–Trinajstić information content (AvgIpc) is 2.51. The molecule has 1 aromatic carbocycles. The zero-order chi connectivity index (χ0) is 14.0. The van der Waals surface area contributed by atoms with E-state index in [1.54, 1.807) is 0 Å². The maximum Gasteiger partial charge on any atom is 0.0604 e. The number of likely N-dealkylation sites (N-methyl/N-ethyl adjacent to an activating group) is 1. The van der Waals surface area contributed by atoms with Crippen LogP contribution in [0.5, 0.6) is 0 Å². The number of rotatable bonds is 3. The largest absolute Gasteiger partial charge is 0.381 e. The molecule has 1 saturated heterocycles. The lowest BCUT2D eigenvalue weighted by Crippen LogP contribution is -2.49. The predicted octanol–water partition coefficient (Wildman–Crippen LogP) is 1.70. The van der Waals surface area contributed by atoms with Crippen molar-refractivity contribution in [3.05, 3.63) is 24.3 Å². The van der Waals surface area contributed by atoms with Crippen LogP contribution in [0.25, 0.3) is 0 Å². The highest BCUT2D eigenvalue weighted by molar-refractivity contribution is 5.73. The van der Waals surface area contributed by atoms with E-state index in [4.69, 9.17) is 10.5 Å². The molecule has 1 aromatic rings. The summed E-state index contributed by atoms with van der Waals surface area (Å²) in [5.74, 6) is 0. The van der Waals surface area contributed by atoms with Crippen molar-refractivity contribution in [1.29, 1.82) is 0 Å². The molecule has 0 bridgehead atoms. The quantitative estimate of drug-likeness (QED) is 0.911. The van der Waals surface area contributed by atoms with E-state index in [2.05, 4.69) is 41.1 Å². The minimum atomic E-state index is 0.223. The van der Waals surface area contributed by atoms with Crippen LogP contribution in [0.4, 0.5) is 11.4 Å². The Morgan fingerprint density at radius 3 is 2.55 bits per heavy atom. The number of fused-ring (bicyclic) bond motifs is 1. The number of para-hydroxylation sites is 2. The van der Waals surface area contributed by atoms with Gasteiger partial charge in [-0.3, -0.25) is 0 Å². The van der Waals surface area contributed by atoms with Gasteiger partial charge < -0.3 is 20.3 Å². The second kappa shape index (κ2) is 5.62. The molecule has 0 aromatic heterocycles. The number of ether oxygens (including phenoxy) is 1.